The summed E-state index contributed by atoms with van der Waals surface area (Å²) in [5.41, 5.74) is 0.778. The lowest BCUT2D eigenvalue weighted by atomic mass is 10.1. The molecule has 1 aromatic heterocycles. The van der Waals surface area contributed by atoms with Gasteiger partial charge in [0.2, 0.25) is 0 Å². The number of carboxylic acids is 1. The first-order valence-corrected chi connectivity index (χ1v) is 5.43. The van der Waals surface area contributed by atoms with Crippen LogP contribution in [-0.2, 0) is 9.53 Å². The van der Waals surface area contributed by atoms with Crippen molar-refractivity contribution >= 4 is 22.8 Å². The summed E-state index contributed by atoms with van der Waals surface area (Å²) in [6.07, 6.45) is 1.56. The van der Waals surface area contributed by atoms with Crippen LogP contribution in [0.5, 0.6) is 5.75 Å². The van der Waals surface area contributed by atoms with Crippen LogP contribution in [-0.4, -0.2) is 35.7 Å². The number of esters is 1. The van der Waals surface area contributed by atoms with E-state index in [9.17, 15) is 9.59 Å². The van der Waals surface area contributed by atoms with Crippen molar-refractivity contribution in [3.8, 4) is 5.75 Å². The molecule has 6 nitrogen and oxygen atoms in total. The van der Waals surface area contributed by atoms with Gasteiger partial charge in [-0.15, -0.1) is 0 Å². The molecule has 2 aromatic rings. The van der Waals surface area contributed by atoms with Crippen LogP contribution in [0.15, 0.2) is 30.5 Å². The van der Waals surface area contributed by atoms with Crippen molar-refractivity contribution in [1.29, 1.82) is 0 Å². The molecular formula is C13H11NO5. The number of ether oxygens (including phenoxy) is 2. The molecule has 0 saturated heterocycles. The number of aromatic nitrogens is 1. The van der Waals surface area contributed by atoms with Crippen molar-refractivity contribution < 1.29 is 24.2 Å². The minimum Gasteiger partial charge on any atom is -0.480 e. The van der Waals surface area contributed by atoms with Crippen LogP contribution in [0, 0.1) is 0 Å². The van der Waals surface area contributed by atoms with Gasteiger partial charge in [0.1, 0.15) is 11.3 Å². The van der Waals surface area contributed by atoms with Gasteiger partial charge in [0.15, 0.2) is 6.61 Å². The van der Waals surface area contributed by atoms with Gasteiger partial charge >= 0.3 is 11.9 Å². The van der Waals surface area contributed by atoms with Crippen LogP contribution in [0.4, 0.5) is 0 Å². The molecule has 1 aromatic carbocycles. The number of nitrogens with zero attached hydrogens (tertiary/aromatic N) is 1. The lowest BCUT2D eigenvalue weighted by Crippen LogP contribution is -2.10. The van der Waals surface area contributed by atoms with Gasteiger partial charge in [0.05, 0.1) is 12.7 Å². The van der Waals surface area contributed by atoms with Gasteiger partial charge in [-0.2, -0.15) is 0 Å². The Morgan fingerprint density at radius 1 is 1.37 bits per heavy atom. The van der Waals surface area contributed by atoms with E-state index >= 15 is 0 Å². The van der Waals surface area contributed by atoms with Crippen molar-refractivity contribution in [3.63, 3.8) is 0 Å². The quantitative estimate of drug-likeness (QED) is 0.839. The number of hydrogen-bond acceptors (Lipinski definition) is 5. The van der Waals surface area contributed by atoms with Crippen molar-refractivity contribution in [2.24, 2.45) is 0 Å². The Balaban J connectivity index is 2.51. The molecule has 0 aliphatic heterocycles. The van der Waals surface area contributed by atoms with Gasteiger partial charge < -0.3 is 14.6 Å². The Hall–Kier alpha value is -2.63. The van der Waals surface area contributed by atoms with E-state index in [2.05, 4.69) is 9.72 Å². The van der Waals surface area contributed by atoms with Gasteiger partial charge in [0.25, 0.3) is 0 Å². The number of carbonyl (C=O) groups excluding carboxylic acids is 1. The maximum Gasteiger partial charge on any atom is 0.341 e. The summed E-state index contributed by atoms with van der Waals surface area (Å²) in [4.78, 5) is 26.2. The molecule has 6 heteroatoms. The molecule has 0 atom stereocenters. The lowest BCUT2D eigenvalue weighted by Gasteiger charge is -2.08. The standard InChI is InChI=1S/C13H11NO5/c1-18-13(17)9-5-8-3-2-4-14-12(8)10(6-9)19-7-11(15)16/h2-6H,7H2,1H3,(H,15,16). The fourth-order valence-electron chi connectivity index (χ4n) is 1.64. The number of carbonyl (C=O) groups is 2. The Bertz CT molecular complexity index is 638. The highest BCUT2D eigenvalue weighted by molar-refractivity contribution is 5.97. The molecule has 0 spiro atoms. The highest BCUT2D eigenvalue weighted by atomic mass is 16.5. The summed E-state index contributed by atoms with van der Waals surface area (Å²) in [7, 11) is 1.27. The van der Waals surface area contributed by atoms with Crippen LogP contribution in [0.3, 0.4) is 0 Å². The van der Waals surface area contributed by atoms with E-state index in [1.807, 2.05) is 0 Å². The number of benzene rings is 1. The van der Waals surface area contributed by atoms with E-state index in [1.54, 1.807) is 24.4 Å². The maximum absolute atomic E-state index is 11.5. The van der Waals surface area contributed by atoms with Crippen LogP contribution >= 0.6 is 0 Å². The third kappa shape index (κ3) is 2.79. The number of rotatable bonds is 4. The van der Waals surface area contributed by atoms with E-state index in [1.165, 1.54) is 13.2 Å². The number of fused-ring (bicyclic) bond motifs is 1. The number of aliphatic carboxylic acids is 1. The van der Waals surface area contributed by atoms with Gasteiger partial charge in [-0.25, -0.2) is 9.59 Å². The third-order valence-corrected chi connectivity index (χ3v) is 2.44. The molecule has 98 valence electrons. The summed E-state index contributed by atoms with van der Waals surface area (Å²) in [5.74, 6) is -1.39. The zero-order valence-electron chi connectivity index (χ0n) is 10.1. The molecular weight excluding hydrogens is 250 g/mol. The largest absolute Gasteiger partial charge is 0.480 e. The first-order chi connectivity index (χ1) is 9.11. The molecule has 0 saturated carbocycles. The second kappa shape index (κ2) is 5.34. The van der Waals surface area contributed by atoms with Gasteiger partial charge in [-0.1, -0.05) is 6.07 Å². The molecule has 1 N–H and O–H groups in total. The minimum absolute atomic E-state index is 0.237. The molecule has 0 fully saturated rings. The van der Waals surface area contributed by atoms with Gasteiger partial charge in [0, 0.05) is 11.6 Å². The molecule has 0 unspecified atom stereocenters. The normalized spacial score (nSPS) is 10.2. The van der Waals surface area contributed by atoms with Crippen LogP contribution < -0.4 is 4.74 Å². The maximum atomic E-state index is 11.5. The smallest absolute Gasteiger partial charge is 0.341 e. The second-order valence-electron chi connectivity index (χ2n) is 3.72. The summed E-state index contributed by atoms with van der Waals surface area (Å²) >= 11 is 0. The number of hydrogen-bond donors (Lipinski definition) is 1. The summed E-state index contributed by atoms with van der Waals surface area (Å²) < 4.78 is 9.78. The zero-order valence-corrected chi connectivity index (χ0v) is 10.1. The summed E-state index contributed by atoms with van der Waals surface area (Å²) in [6.45, 7) is -0.504. The highest BCUT2D eigenvalue weighted by Crippen LogP contribution is 2.26. The fourth-order valence-corrected chi connectivity index (χ4v) is 1.64. The molecule has 0 aliphatic rings. The Morgan fingerprint density at radius 3 is 2.84 bits per heavy atom. The van der Waals surface area contributed by atoms with E-state index < -0.39 is 18.5 Å². The molecule has 0 radical (unpaired) electrons. The molecule has 0 aliphatic carbocycles. The summed E-state index contributed by atoms with van der Waals surface area (Å²) in [6, 6.07) is 6.50. The monoisotopic (exact) mass is 261 g/mol. The molecule has 2 rings (SSSR count). The predicted molar refractivity (Wildman–Crippen MR) is 66.2 cm³/mol. The van der Waals surface area contributed by atoms with Crippen molar-refractivity contribution in [2.75, 3.05) is 13.7 Å². The van der Waals surface area contributed by atoms with E-state index in [-0.39, 0.29) is 11.3 Å². The predicted octanol–water partition coefficient (Wildman–Crippen LogP) is 1.48. The SMILES string of the molecule is COC(=O)c1cc(OCC(=O)O)c2ncccc2c1. The Morgan fingerprint density at radius 2 is 2.16 bits per heavy atom. The highest BCUT2D eigenvalue weighted by Gasteiger charge is 2.13. The second-order valence-corrected chi connectivity index (χ2v) is 3.72. The van der Waals surface area contributed by atoms with E-state index in [0.29, 0.717) is 10.9 Å². The third-order valence-electron chi connectivity index (χ3n) is 2.44. The molecule has 19 heavy (non-hydrogen) atoms. The summed E-state index contributed by atoms with van der Waals surface area (Å²) in [5, 5.41) is 9.31. The molecule has 0 bridgehead atoms. The van der Waals surface area contributed by atoms with Gasteiger partial charge in [-0.05, 0) is 18.2 Å². The zero-order chi connectivity index (χ0) is 13.8. The van der Waals surface area contributed by atoms with E-state index in [4.69, 9.17) is 9.84 Å². The number of carboxylic acid groups (broad SMARTS) is 1. The van der Waals surface area contributed by atoms with Crippen LogP contribution in [0.25, 0.3) is 10.9 Å². The lowest BCUT2D eigenvalue weighted by molar-refractivity contribution is -0.139. The fraction of sp³-hybridized carbons (Fsp3) is 0.154. The topological polar surface area (TPSA) is 85.7 Å². The Kier molecular flexibility index (Phi) is 3.61. The van der Waals surface area contributed by atoms with Crippen molar-refractivity contribution in [1.82, 2.24) is 4.98 Å². The van der Waals surface area contributed by atoms with Gasteiger partial charge in [-0.3, -0.25) is 4.98 Å². The first-order valence-electron chi connectivity index (χ1n) is 5.43. The van der Waals surface area contributed by atoms with Crippen molar-refractivity contribution in [2.45, 2.75) is 0 Å². The molecule has 1 heterocycles. The first kappa shape index (κ1) is 12.8. The average molecular weight is 261 g/mol. The molecule has 0 amide bonds. The Labute approximate surface area is 108 Å². The number of methoxy groups -OCH3 is 1. The van der Waals surface area contributed by atoms with Crippen LogP contribution in [0.2, 0.25) is 0 Å². The van der Waals surface area contributed by atoms with E-state index in [0.717, 1.165) is 0 Å². The number of pyridine rings is 1. The van der Waals surface area contributed by atoms with Crippen molar-refractivity contribution in [3.05, 3.63) is 36.0 Å². The average Bonchev–Trinajstić information content (AvgIpc) is 2.43. The van der Waals surface area contributed by atoms with Crippen LogP contribution in [0.1, 0.15) is 10.4 Å². The minimum atomic E-state index is -1.10.